The maximum Gasteiger partial charge on any atom is 0.123 e. The van der Waals surface area contributed by atoms with Crippen molar-refractivity contribution in [3.05, 3.63) is 82.9 Å². The van der Waals surface area contributed by atoms with Crippen molar-refractivity contribution < 1.29 is 9.50 Å². The Balaban J connectivity index is 1.42. The van der Waals surface area contributed by atoms with E-state index in [1.165, 1.54) is 22.4 Å². The second-order valence-corrected chi connectivity index (χ2v) is 10.8. The largest absolute Gasteiger partial charge is 0.385 e. The number of hydrogen-bond acceptors (Lipinski definition) is 3. The van der Waals surface area contributed by atoms with E-state index in [1.807, 2.05) is 13.3 Å². The van der Waals surface area contributed by atoms with Gasteiger partial charge in [-0.25, -0.2) is 9.37 Å². The normalized spacial score (nSPS) is 24.1. The van der Waals surface area contributed by atoms with Gasteiger partial charge in [0, 0.05) is 33.7 Å². The van der Waals surface area contributed by atoms with Gasteiger partial charge in [-0.05, 0) is 73.4 Å². The summed E-state index contributed by atoms with van der Waals surface area (Å²) in [5.74, 6) is -0.149. The number of nitrogens with zero attached hydrogens (tertiary/aromatic N) is 2. The van der Waals surface area contributed by atoms with Crippen LogP contribution in [0.2, 0.25) is 0 Å². The number of aromatic nitrogens is 2. The Hall–Kier alpha value is -2.76. The third-order valence-corrected chi connectivity index (χ3v) is 8.92. The molecule has 0 bridgehead atoms. The molecular weight excluding hydrogens is 431 g/mol. The Labute approximate surface area is 197 Å². The van der Waals surface area contributed by atoms with Crippen LogP contribution in [-0.2, 0) is 12.1 Å². The minimum absolute atomic E-state index is 0.0906. The van der Waals surface area contributed by atoms with Crippen molar-refractivity contribution in [3.63, 3.8) is 0 Å². The first kappa shape index (κ1) is 20.8. The van der Waals surface area contributed by atoms with Crippen LogP contribution in [0.1, 0.15) is 44.4 Å². The molecular formula is C28H27FN2OS. The van der Waals surface area contributed by atoms with Crippen LogP contribution < -0.4 is 0 Å². The lowest BCUT2D eigenvalue weighted by atomic mass is 9.57. The minimum Gasteiger partial charge on any atom is -0.385 e. The van der Waals surface area contributed by atoms with Gasteiger partial charge in [0.2, 0.25) is 0 Å². The minimum atomic E-state index is -0.939. The van der Waals surface area contributed by atoms with E-state index < -0.39 is 5.60 Å². The molecule has 5 heteroatoms. The topological polar surface area (TPSA) is 38.1 Å². The highest BCUT2D eigenvalue weighted by molar-refractivity contribution is 7.17. The Morgan fingerprint density at radius 2 is 1.97 bits per heavy atom. The van der Waals surface area contributed by atoms with Crippen molar-refractivity contribution in [2.45, 2.75) is 45.3 Å². The summed E-state index contributed by atoms with van der Waals surface area (Å²) in [7, 11) is 0. The maximum absolute atomic E-state index is 13.4. The molecule has 1 saturated carbocycles. The Morgan fingerprint density at radius 3 is 2.79 bits per heavy atom. The standard InChI is InChI=1S/C28H27FN2OS/c1-27-16-31-17-30-26(18-10-12-20(29)13-11-18)23(31)14-19(27)6-5-9-25(27)28(2,32)22-15-33-24-8-4-3-7-21(22)24/h3-4,7-8,10-15,17,25,32H,5-6,9,16H2,1-2H3/t25?,27-,28?/m0/s1. The summed E-state index contributed by atoms with van der Waals surface area (Å²) >= 11 is 1.71. The van der Waals surface area contributed by atoms with Crippen LogP contribution in [-0.4, -0.2) is 14.7 Å². The average molecular weight is 459 g/mol. The lowest BCUT2D eigenvalue weighted by Gasteiger charge is -2.51. The molecule has 0 amide bonds. The maximum atomic E-state index is 13.4. The second kappa shape index (κ2) is 7.37. The predicted molar refractivity (Wildman–Crippen MR) is 132 cm³/mol. The van der Waals surface area contributed by atoms with Gasteiger partial charge >= 0.3 is 0 Å². The highest BCUT2D eigenvalue weighted by Gasteiger charge is 2.51. The second-order valence-electron chi connectivity index (χ2n) is 9.94. The van der Waals surface area contributed by atoms with Crippen LogP contribution in [0.4, 0.5) is 4.39 Å². The van der Waals surface area contributed by atoms with E-state index in [9.17, 15) is 9.50 Å². The van der Waals surface area contributed by atoms with Crippen LogP contribution in [0.5, 0.6) is 0 Å². The number of halogens is 1. The van der Waals surface area contributed by atoms with Crippen molar-refractivity contribution in [2.75, 3.05) is 0 Å². The Morgan fingerprint density at radius 1 is 1.18 bits per heavy atom. The SMILES string of the molecule is CC(O)(c1csc2ccccc12)C1CCCC2=Cc3c(-c4ccc(F)cc4)ncn3C[C@@]21C. The molecule has 33 heavy (non-hydrogen) atoms. The molecule has 1 aliphatic heterocycles. The summed E-state index contributed by atoms with van der Waals surface area (Å²) in [6.07, 6.45) is 7.25. The van der Waals surface area contributed by atoms with Crippen molar-refractivity contribution >= 4 is 27.5 Å². The third-order valence-electron chi connectivity index (χ3n) is 7.95. The number of benzene rings is 2. The molecule has 3 atom stereocenters. The molecule has 2 aliphatic rings. The van der Waals surface area contributed by atoms with E-state index in [-0.39, 0.29) is 17.2 Å². The van der Waals surface area contributed by atoms with Gasteiger partial charge in [-0.15, -0.1) is 11.3 Å². The number of fused-ring (bicyclic) bond motifs is 3. The predicted octanol–water partition coefficient (Wildman–Crippen LogP) is 7.02. The first-order chi connectivity index (χ1) is 15.9. The van der Waals surface area contributed by atoms with Crippen LogP contribution in [0.15, 0.2) is 65.8 Å². The highest BCUT2D eigenvalue weighted by Crippen LogP contribution is 2.56. The molecule has 3 nitrogen and oxygen atoms in total. The number of thiophene rings is 1. The van der Waals surface area contributed by atoms with E-state index in [0.29, 0.717) is 0 Å². The van der Waals surface area contributed by atoms with Gasteiger partial charge in [0.05, 0.1) is 23.3 Å². The zero-order chi connectivity index (χ0) is 22.8. The molecule has 1 N–H and O–H groups in total. The summed E-state index contributed by atoms with van der Waals surface area (Å²) in [5.41, 5.74) is 4.21. The Bertz CT molecular complexity index is 1380. The molecule has 168 valence electrons. The molecule has 0 radical (unpaired) electrons. The van der Waals surface area contributed by atoms with Gasteiger partial charge in [0.1, 0.15) is 5.82 Å². The third kappa shape index (κ3) is 3.13. The van der Waals surface area contributed by atoms with Gasteiger partial charge in [-0.2, -0.15) is 0 Å². The lowest BCUT2D eigenvalue weighted by molar-refractivity contribution is -0.0700. The summed E-state index contributed by atoms with van der Waals surface area (Å²) < 4.78 is 16.9. The van der Waals surface area contributed by atoms with Crippen molar-refractivity contribution in [1.29, 1.82) is 0 Å². The van der Waals surface area contributed by atoms with Crippen molar-refractivity contribution in [2.24, 2.45) is 11.3 Å². The fourth-order valence-corrected chi connectivity index (χ4v) is 7.32. The van der Waals surface area contributed by atoms with E-state index in [1.54, 1.807) is 23.5 Å². The molecule has 6 rings (SSSR count). The van der Waals surface area contributed by atoms with E-state index >= 15 is 0 Å². The van der Waals surface area contributed by atoms with Gasteiger partial charge in [0.25, 0.3) is 0 Å². The van der Waals surface area contributed by atoms with Crippen LogP contribution in [0, 0.1) is 17.2 Å². The monoisotopic (exact) mass is 458 g/mol. The van der Waals surface area contributed by atoms with Gasteiger partial charge < -0.3 is 9.67 Å². The van der Waals surface area contributed by atoms with Crippen LogP contribution in [0.3, 0.4) is 0 Å². The molecule has 4 aromatic rings. The molecule has 3 heterocycles. The van der Waals surface area contributed by atoms with Crippen LogP contribution >= 0.6 is 11.3 Å². The molecule has 0 saturated heterocycles. The number of rotatable bonds is 3. The molecule has 2 unspecified atom stereocenters. The lowest BCUT2D eigenvalue weighted by Crippen LogP contribution is -2.48. The summed E-state index contributed by atoms with van der Waals surface area (Å²) in [6, 6.07) is 14.9. The number of imidazole rings is 1. The summed E-state index contributed by atoms with van der Waals surface area (Å²) in [4.78, 5) is 4.70. The number of hydrogen-bond donors (Lipinski definition) is 1. The fraction of sp³-hybridized carbons (Fsp3) is 0.321. The molecule has 2 aromatic carbocycles. The molecule has 1 aliphatic carbocycles. The van der Waals surface area contributed by atoms with Gasteiger partial charge in [-0.1, -0.05) is 30.7 Å². The van der Waals surface area contributed by atoms with Crippen LogP contribution in [0.25, 0.3) is 27.4 Å². The van der Waals surface area contributed by atoms with E-state index in [2.05, 4.69) is 47.2 Å². The highest BCUT2D eigenvalue weighted by atomic mass is 32.1. The fourth-order valence-electron chi connectivity index (χ4n) is 6.25. The molecule has 2 aromatic heterocycles. The molecule has 0 spiro atoms. The smallest absolute Gasteiger partial charge is 0.123 e. The van der Waals surface area contributed by atoms with Gasteiger partial charge in [-0.3, -0.25) is 0 Å². The molecule has 1 fully saturated rings. The van der Waals surface area contributed by atoms with E-state index in [4.69, 9.17) is 4.98 Å². The number of aliphatic hydroxyl groups is 1. The van der Waals surface area contributed by atoms with Crippen molar-refractivity contribution in [1.82, 2.24) is 9.55 Å². The first-order valence-electron chi connectivity index (χ1n) is 11.6. The zero-order valence-corrected chi connectivity index (χ0v) is 19.7. The summed E-state index contributed by atoms with van der Waals surface area (Å²) in [6.45, 7) is 5.10. The average Bonchev–Trinajstić information content (AvgIpc) is 3.41. The summed E-state index contributed by atoms with van der Waals surface area (Å²) in [5, 5.41) is 15.4. The van der Waals surface area contributed by atoms with Crippen molar-refractivity contribution in [3.8, 4) is 11.3 Å². The van der Waals surface area contributed by atoms with Gasteiger partial charge in [0.15, 0.2) is 0 Å². The Kier molecular flexibility index (Phi) is 4.65. The zero-order valence-electron chi connectivity index (χ0n) is 18.9. The first-order valence-corrected chi connectivity index (χ1v) is 12.5. The number of allylic oxidation sites excluding steroid dienone is 1. The van der Waals surface area contributed by atoms with E-state index in [0.717, 1.165) is 53.7 Å². The quantitative estimate of drug-likeness (QED) is 0.358.